The molecule has 1 aliphatic rings. The van der Waals surface area contributed by atoms with E-state index < -0.39 is 11.7 Å². The third-order valence-corrected chi connectivity index (χ3v) is 5.46. The fraction of sp³-hybridized carbons (Fsp3) is 0.545. The van der Waals surface area contributed by atoms with Crippen LogP contribution in [0.15, 0.2) is 30.5 Å². The minimum atomic E-state index is -4.55. The lowest BCUT2D eigenvalue weighted by Crippen LogP contribution is -2.19. The first-order valence-corrected chi connectivity index (χ1v) is 10.3. The molecule has 4 nitrogen and oxygen atoms in total. The molecule has 1 aliphatic carbocycles. The molecule has 3 rings (SSSR count). The third-order valence-electron chi connectivity index (χ3n) is 5.46. The molecule has 0 bridgehead atoms. The van der Waals surface area contributed by atoms with Crippen molar-refractivity contribution in [2.45, 2.75) is 64.0 Å². The molecule has 0 aliphatic heterocycles. The number of anilines is 2. The van der Waals surface area contributed by atoms with Gasteiger partial charge in [-0.25, -0.2) is 4.98 Å². The Morgan fingerprint density at radius 2 is 1.79 bits per heavy atom. The molecular weight excluding hydrogens is 379 g/mol. The van der Waals surface area contributed by atoms with Crippen molar-refractivity contribution in [3.8, 4) is 6.01 Å². The summed E-state index contributed by atoms with van der Waals surface area (Å²) in [5, 5.41) is 0. The minimum absolute atomic E-state index is 0.0351. The van der Waals surface area contributed by atoms with E-state index in [1.165, 1.54) is 42.6 Å². The highest BCUT2D eigenvalue weighted by atomic mass is 19.4. The molecule has 1 heterocycles. The van der Waals surface area contributed by atoms with Crippen LogP contribution in [-0.2, 0) is 6.18 Å². The molecule has 158 valence electrons. The molecule has 0 amide bonds. The van der Waals surface area contributed by atoms with Crippen LogP contribution < -0.4 is 9.64 Å². The van der Waals surface area contributed by atoms with Crippen LogP contribution in [0.3, 0.4) is 0 Å². The van der Waals surface area contributed by atoms with E-state index in [1.54, 1.807) is 7.05 Å². The van der Waals surface area contributed by atoms with E-state index in [0.29, 0.717) is 18.2 Å². The second-order valence-corrected chi connectivity index (χ2v) is 7.58. The van der Waals surface area contributed by atoms with E-state index in [9.17, 15) is 13.2 Å². The van der Waals surface area contributed by atoms with Crippen LogP contribution in [0, 0.1) is 0 Å². The van der Waals surface area contributed by atoms with Crippen LogP contribution in [0.25, 0.3) is 0 Å². The number of benzene rings is 1. The Hall–Kier alpha value is -2.31. The van der Waals surface area contributed by atoms with Crippen LogP contribution in [0.4, 0.5) is 24.7 Å². The molecule has 0 unspecified atom stereocenters. The van der Waals surface area contributed by atoms with Gasteiger partial charge in [-0.05, 0) is 42.9 Å². The van der Waals surface area contributed by atoms with Gasteiger partial charge in [-0.3, -0.25) is 0 Å². The van der Waals surface area contributed by atoms with E-state index in [-0.39, 0.29) is 11.8 Å². The second-order valence-electron chi connectivity index (χ2n) is 7.58. The lowest BCUT2D eigenvalue weighted by molar-refractivity contribution is -0.137. The molecule has 0 radical (unpaired) electrons. The Morgan fingerprint density at radius 1 is 1.10 bits per heavy atom. The number of hydrogen-bond acceptors (Lipinski definition) is 4. The zero-order valence-corrected chi connectivity index (χ0v) is 17.0. The number of halogens is 3. The van der Waals surface area contributed by atoms with Crippen LogP contribution in [0.2, 0.25) is 0 Å². The largest absolute Gasteiger partial charge is 0.463 e. The molecule has 1 aromatic heterocycles. The lowest BCUT2D eigenvalue weighted by atomic mass is 9.84. The number of rotatable bonds is 7. The Bertz CT molecular complexity index is 787. The average Bonchev–Trinajstić information content (AvgIpc) is 2.73. The van der Waals surface area contributed by atoms with Crippen molar-refractivity contribution >= 4 is 11.5 Å². The van der Waals surface area contributed by atoms with Crippen molar-refractivity contribution in [3.05, 3.63) is 41.6 Å². The van der Waals surface area contributed by atoms with Crippen LogP contribution >= 0.6 is 0 Å². The van der Waals surface area contributed by atoms with E-state index in [4.69, 9.17) is 4.74 Å². The van der Waals surface area contributed by atoms with Crippen molar-refractivity contribution < 1.29 is 17.9 Å². The van der Waals surface area contributed by atoms with Gasteiger partial charge in [0.1, 0.15) is 5.56 Å². The van der Waals surface area contributed by atoms with Gasteiger partial charge in [-0.2, -0.15) is 18.2 Å². The highest BCUT2D eigenvalue weighted by molar-refractivity contribution is 5.63. The summed E-state index contributed by atoms with van der Waals surface area (Å²) in [7, 11) is 1.59. The number of alkyl halides is 3. The van der Waals surface area contributed by atoms with Crippen molar-refractivity contribution in [2.24, 2.45) is 0 Å². The average molecular weight is 407 g/mol. The molecule has 1 saturated carbocycles. The van der Waals surface area contributed by atoms with Gasteiger partial charge < -0.3 is 9.64 Å². The maximum absolute atomic E-state index is 13.5. The van der Waals surface area contributed by atoms with Gasteiger partial charge >= 0.3 is 12.2 Å². The summed E-state index contributed by atoms with van der Waals surface area (Å²) >= 11 is 0. The topological polar surface area (TPSA) is 38.2 Å². The zero-order valence-electron chi connectivity index (χ0n) is 17.0. The Morgan fingerprint density at radius 3 is 2.41 bits per heavy atom. The first kappa shape index (κ1) is 21.4. The summed E-state index contributed by atoms with van der Waals surface area (Å²) < 4.78 is 46.0. The molecule has 2 aromatic rings. The minimum Gasteiger partial charge on any atom is -0.463 e. The molecule has 0 saturated heterocycles. The monoisotopic (exact) mass is 407 g/mol. The zero-order chi connectivity index (χ0) is 20.9. The second kappa shape index (κ2) is 9.46. The summed E-state index contributed by atoms with van der Waals surface area (Å²) in [5.41, 5.74) is 1.02. The fourth-order valence-electron chi connectivity index (χ4n) is 3.72. The predicted molar refractivity (Wildman–Crippen MR) is 108 cm³/mol. The molecular formula is C22H28F3N3O. The Labute approximate surface area is 170 Å². The number of aromatic nitrogens is 2. The predicted octanol–water partition coefficient (Wildman–Crippen LogP) is 6.49. The number of unbranched alkanes of at least 4 members (excludes halogenated alkanes) is 1. The summed E-state index contributed by atoms with van der Waals surface area (Å²) in [4.78, 5) is 9.27. The summed E-state index contributed by atoms with van der Waals surface area (Å²) in [6, 6.07) is 7.74. The van der Waals surface area contributed by atoms with E-state index in [1.807, 2.05) is 31.2 Å². The highest BCUT2D eigenvalue weighted by Gasteiger charge is 2.36. The molecule has 0 N–H and O–H groups in total. The van der Waals surface area contributed by atoms with Crippen LogP contribution in [0.5, 0.6) is 6.01 Å². The number of ether oxygens (including phenoxy) is 1. The maximum Gasteiger partial charge on any atom is 0.421 e. The van der Waals surface area contributed by atoms with Crippen molar-refractivity contribution in [1.82, 2.24) is 9.97 Å². The molecule has 29 heavy (non-hydrogen) atoms. The molecule has 0 atom stereocenters. The van der Waals surface area contributed by atoms with Gasteiger partial charge in [0, 0.05) is 18.9 Å². The first-order chi connectivity index (χ1) is 13.9. The molecule has 7 heteroatoms. The number of nitrogens with zero attached hydrogens (tertiary/aromatic N) is 3. The lowest BCUT2D eigenvalue weighted by Gasteiger charge is -2.25. The van der Waals surface area contributed by atoms with E-state index in [2.05, 4.69) is 9.97 Å². The maximum atomic E-state index is 13.5. The van der Waals surface area contributed by atoms with Crippen LogP contribution in [0.1, 0.15) is 68.9 Å². The van der Waals surface area contributed by atoms with Crippen molar-refractivity contribution in [3.63, 3.8) is 0 Å². The van der Waals surface area contributed by atoms with E-state index in [0.717, 1.165) is 19.0 Å². The SMILES string of the molecule is CCCCOc1ncc(C(F)(F)F)c(N(C)c2ccc(C3CCCCC3)cc2)n1. The first-order valence-electron chi connectivity index (χ1n) is 10.3. The Kier molecular flexibility index (Phi) is 6.98. The van der Waals surface area contributed by atoms with Gasteiger partial charge in [-0.1, -0.05) is 44.7 Å². The number of hydrogen-bond donors (Lipinski definition) is 0. The summed E-state index contributed by atoms with van der Waals surface area (Å²) in [5.74, 6) is 0.343. The van der Waals surface area contributed by atoms with Gasteiger partial charge in [-0.15, -0.1) is 0 Å². The van der Waals surface area contributed by atoms with Crippen molar-refractivity contribution in [1.29, 1.82) is 0 Å². The normalized spacial score (nSPS) is 15.3. The van der Waals surface area contributed by atoms with Crippen LogP contribution in [-0.4, -0.2) is 23.6 Å². The van der Waals surface area contributed by atoms with Gasteiger partial charge in [0.25, 0.3) is 0 Å². The van der Waals surface area contributed by atoms with Gasteiger partial charge in [0.15, 0.2) is 5.82 Å². The quantitative estimate of drug-likeness (QED) is 0.492. The summed E-state index contributed by atoms with van der Waals surface area (Å²) in [6.07, 6.45) is 4.08. The third kappa shape index (κ3) is 5.40. The van der Waals surface area contributed by atoms with Gasteiger partial charge in [0.2, 0.25) is 0 Å². The standard InChI is InChI=1S/C22H28F3N3O/c1-3-4-14-29-21-26-15-19(22(23,24)25)20(27-21)28(2)18-12-10-17(11-13-18)16-8-6-5-7-9-16/h10-13,15-16H,3-9,14H2,1-2H3. The van der Waals surface area contributed by atoms with Gasteiger partial charge in [0.05, 0.1) is 6.61 Å². The molecule has 0 spiro atoms. The fourth-order valence-corrected chi connectivity index (χ4v) is 3.72. The van der Waals surface area contributed by atoms with E-state index >= 15 is 0 Å². The smallest absolute Gasteiger partial charge is 0.421 e. The van der Waals surface area contributed by atoms with Crippen molar-refractivity contribution in [2.75, 3.05) is 18.6 Å². The Balaban J connectivity index is 1.85. The highest BCUT2D eigenvalue weighted by Crippen LogP contribution is 2.38. The molecule has 1 fully saturated rings. The molecule has 1 aromatic carbocycles. The summed E-state index contributed by atoms with van der Waals surface area (Å²) in [6.45, 7) is 2.38.